The normalized spacial score (nSPS) is 15.1. The summed E-state index contributed by atoms with van der Waals surface area (Å²) in [5.74, 6) is 0.962. The molecule has 0 saturated carbocycles. The molecule has 23 heavy (non-hydrogen) atoms. The third kappa shape index (κ3) is 2.63. The lowest BCUT2D eigenvalue weighted by atomic mass is 10.2. The van der Waals surface area contributed by atoms with E-state index in [0.29, 0.717) is 13.1 Å². The lowest BCUT2D eigenvalue weighted by Crippen LogP contribution is -2.49. The molecule has 1 fully saturated rings. The molecule has 1 aliphatic rings. The van der Waals surface area contributed by atoms with Crippen molar-refractivity contribution < 1.29 is 4.79 Å². The van der Waals surface area contributed by atoms with Gasteiger partial charge in [0.1, 0.15) is 0 Å². The van der Waals surface area contributed by atoms with E-state index in [1.165, 1.54) is 11.3 Å². The average Bonchev–Trinajstić information content (AvgIpc) is 3.15. The molecule has 1 amide bonds. The minimum Gasteiger partial charge on any atom is -0.351 e. The molecule has 4 rings (SSSR count). The van der Waals surface area contributed by atoms with Crippen molar-refractivity contribution >= 4 is 33.8 Å². The van der Waals surface area contributed by atoms with Gasteiger partial charge in [0.15, 0.2) is 5.82 Å². The summed E-state index contributed by atoms with van der Waals surface area (Å²) >= 11 is 1.49. The van der Waals surface area contributed by atoms with E-state index in [0.717, 1.165) is 34.6 Å². The first kappa shape index (κ1) is 14.1. The fraction of sp³-hybridized carbons (Fsp3) is 0.250. The molecule has 4 heterocycles. The van der Waals surface area contributed by atoms with Crippen molar-refractivity contribution in [3.63, 3.8) is 0 Å². The molecule has 0 aromatic carbocycles. The Morgan fingerprint density at radius 3 is 2.78 bits per heavy atom. The van der Waals surface area contributed by atoms with Crippen LogP contribution in [0.4, 0.5) is 5.82 Å². The number of hydrogen-bond acceptors (Lipinski definition) is 6. The summed E-state index contributed by atoms with van der Waals surface area (Å²) in [7, 11) is 0. The average molecular weight is 325 g/mol. The molecule has 0 spiro atoms. The molecule has 0 unspecified atom stereocenters. The maximum atomic E-state index is 12.4. The predicted octanol–water partition coefficient (Wildman–Crippen LogP) is 2.05. The zero-order valence-electron chi connectivity index (χ0n) is 12.4. The summed E-state index contributed by atoms with van der Waals surface area (Å²) in [5.41, 5.74) is 0. The van der Waals surface area contributed by atoms with Crippen molar-refractivity contribution in [2.75, 3.05) is 31.1 Å². The second-order valence-corrected chi connectivity index (χ2v) is 6.34. The van der Waals surface area contributed by atoms with Gasteiger partial charge in [0.05, 0.1) is 11.1 Å². The van der Waals surface area contributed by atoms with Crippen molar-refractivity contribution in [3.8, 4) is 0 Å². The van der Waals surface area contributed by atoms with Crippen LogP contribution in [-0.2, 0) is 0 Å². The van der Waals surface area contributed by atoms with Gasteiger partial charge in [-0.25, -0.2) is 0 Å². The van der Waals surface area contributed by atoms with E-state index >= 15 is 0 Å². The van der Waals surface area contributed by atoms with E-state index in [4.69, 9.17) is 0 Å². The van der Waals surface area contributed by atoms with Gasteiger partial charge in [-0.05, 0) is 17.5 Å². The zero-order valence-corrected chi connectivity index (χ0v) is 13.2. The van der Waals surface area contributed by atoms with E-state index in [1.54, 1.807) is 12.4 Å². The van der Waals surface area contributed by atoms with Gasteiger partial charge in [-0.1, -0.05) is 6.07 Å². The number of carbonyl (C=O) groups is 1. The van der Waals surface area contributed by atoms with Crippen LogP contribution in [0.2, 0.25) is 0 Å². The Balaban J connectivity index is 1.52. The van der Waals surface area contributed by atoms with Crippen molar-refractivity contribution in [3.05, 3.63) is 47.0 Å². The second kappa shape index (κ2) is 5.92. The fourth-order valence-electron chi connectivity index (χ4n) is 2.82. The molecule has 6 nitrogen and oxygen atoms in total. The maximum absolute atomic E-state index is 12.4. The van der Waals surface area contributed by atoms with E-state index in [-0.39, 0.29) is 5.91 Å². The Kier molecular flexibility index (Phi) is 3.63. The van der Waals surface area contributed by atoms with Crippen LogP contribution in [-0.4, -0.2) is 52.2 Å². The quantitative estimate of drug-likeness (QED) is 0.721. The number of amides is 1. The van der Waals surface area contributed by atoms with E-state index < -0.39 is 0 Å². The lowest BCUT2D eigenvalue weighted by molar-refractivity contribution is 0.0751. The highest BCUT2D eigenvalue weighted by Crippen LogP contribution is 2.23. The van der Waals surface area contributed by atoms with Gasteiger partial charge in [-0.2, -0.15) is 5.10 Å². The summed E-state index contributed by atoms with van der Waals surface area (Å²) < 4.78 is 0. The highest BCUT2D eigenvalue weighted by Gasteiger charge is 2.24. The molecular weight excluding hydrogens is 310 g/mol. The minimum absolute atomic E-state index is 0.116. The lowest BCUT2D eigenvalue weighted by Gasteiger charge is -2.35. The van der Waals surface area contributed by atoms with Crippen LogP contribution in [0.25, 0.3) is 10.8 Å². The molecule has 0 bridgehead atoms. The van der Waals surface area contributed by atoms with Crippen molar-refractivity contribution in [1.82, 2.24) is 20.1 Å². The first-order chi connectivity index (χ1) is 11.3. The van der Waals surface area contributed by atoms with Crippen LogP contribution in [0.15, 0.2) is 42.2 Å². The number of thiophene rings is 1. The molecule has 3 aromatic heterocycles. The largest absolute Gasteiger partial charge is 0.351 e. The van der Waals surface area contributed by atoms with Crippen LogP contribution in [0, 0.1) is 0 Å². The number of anilines is 1. The van der Waals surface area contributed by atoms with Gasteiger partial charge >= 0.3 is 0 Å². The van der Waals surface area contributed by atoms with Crippen LogP contribution < -0.4 is 4.90 Å². The standard InChI is InChI=1S/C16H15N5OS/c22-16(14-2-1-9-23-14)21-7-5-20(6-8-21)15-13-11-17-4-3-12(13)10-18-19-15/h1-4,9-11H,5-8H2. The smallest absolute Gasteiger partial charge is 0.264 e. The van der Waals surface area contributed by atoms with Crippen molar-refractivity contribution in [1.29, 1.82) is 0 Å². The highest BCUT2D eigenvalue weighted by atomic mass is 32.1. The Hall–Kier alpha value is -2.54. The Morgan fingerprint density at radius 1 is 1.13 bits per heavy atom. The second-order valence-electron chi connectivity index (χ2n) is 5.39. The van der Waals surface area contributed by atoms with E-state index in [1.807, 2.05) is 34.7 Å². The zero-order chi connectivity index (χ0) is 15.6. The monoisotopic (exact) mass is 325 g/mol. The maximum Gasteiger partial charge on any atom is 0.264 e. The minimum atomic E-state index is 0.116. The number of nitrogens with zero attached hydrogens (tertiary/aromatic N) is 5. The SMILES string of the molecule is O=C(c1cccs1)N1CCN(c2nncc3ccncc23)CC1. The molecule has 1 aliphatic heterocycles. The summed E-state index contributed by atoms with van der Waals surface area (Å²) in [4.78, 5) is 21.5. The predicted molar refractivity (Wildman–Crippen MR) is 89.8 cm³/mol. The van der Waals surface area contributed by atoms with Crippen molar-refractivity contribution in [2.24, 2.45) is 0 Å². The molecule has 7 heteroatoms. The van der Waals surface area contributed by atoms with Gasteiger partial charge < -0.3 is 9.80 Å². The molecular formula is C16H15N5OS. The van der Waals surface area contributed by atoms with Crippen molar-refractivity contribution in [2.45, 2.75) is 0 Å². The fourth-order valence-corrected chi connectivity index (χ4v) is 3.51. The number of fused-ring (bicyclic) bond motifs is 1. The van der Waals surface area contributed by atoms with E-state index in [9.17, 15) is 4.79 Å². The molecule has 0 atom stereocenters. The topological polar surface area (TPSA) is 62.2 Å². The van der Waals surface area contributed by atoms with Gasteiger partial charge in [0.2, 0.25) is 0 Å². The van der Waals surface area contributed by atoms with Gasteiger partial charge in [-0.3, -0.25) is 9.78 Å². The molecule has 0 aliphatic carbocycles. The summed E-state index contributed by atoms with van der Waals surface area (Å²) in [6.45, 7) is 2.88. The number of aromatic nitrogens is 3. The van der Waals surface area contributed by atoms with Crippen LogP contribution in [0.3, 0.4) is 0 Å². The third-order valence-electron chi connectivity index (χ3n) is 4.04. The summed E-state index contributed by atoms with van der Waals surface area (Å²) in [5, 5.41) is 12.3. The van der Waals surface area contributed by atoms with Crippen LogP contribution in [0.5, 0.6) is 0 Å². The number of piperazine rings is 1. The number of carbonyl (C=O) groups excluding carboxylic acids is 1. The molecule has 1 saturated heterocycles. The molecule has 0 radical (unpaired) electrons. The van der Waals surface area contributed by atoms with Gasteiger partial charge in [0, 0.05) is 49.3 Å². The summed E-state index contributed by atoms with van der Waals surface area (Å²) in [6.07, 6.45) is 5.32. The first-order valence-corrected chi connectivity index (χ1v) is 8.34. The Morgan fingerprint density at radius 2 is 2.00 bits per heavy atom. The third-order valence-corrected chi connectivity index (χ3v) is 4.90. The van der Waals surface area contributed by atoms with Crippen LogP contribution in [0.1, 0.15) is 9.67 Å². The summed E-state index contributed by atoms with van der Waals surface area (Å²) in [6, 6.07) is 5.72. The Labute approximate surface area is 137 Å². The number of rotatable bonds is 2. The van der Waals surface area contributed by atoms with Gasteiger partial charge in [-0.15, -0.1) is 16.4 Å². The highest BCUT2D eigenvalue weighted by molar-refractivity contribution is 7.12. The van der Waals surface area contributed by atoms with E-state index in [2.05, 4.69) is 20.1 Å². The Bertz CT molecular complexity index is 822. The molecule has 116 valence electrons. The number of pyridine rings is 1. The van der Waals surface area contributed by atoms with Gasteiger partial charge in [0.25, 0.3) is 5.91 Å². The first-order valence-electron chi connectivity index (χ1n) is 7.46. The van der Waals surface area contributed by atoms with Crippen LogP contribution >= 0.6 is 11.3 Å². The molecule has 0 N–H and O–H groups in total. The number of hydrogen-bond donors (Lipinski definition) is 0. The molecule has 3 aromatic rings.